The van der Waals surface area contributed by atoms with E-state index >= 15 is 0 Å². The van der Waals surface area contributed by atoms with E-state index in [-0.39, 0.29) is 12.5 Å². The Labute approximate surface area is 169 Å². The first-order valence-corrected chi connectivity index (χ1v) is 10.3. The highest BCUT2D eigenvalue weighted by molar-refractivity contribution is 5.81. The van der Waals surface area contributed by atoms with E-state index in [4.69, 9.17) is 10.5 Å². The summed E-state index contributed by atoms with van der Waals surface area (Å²) < 4.78 is 7.46. The molecule has 2 aliphatic heterocycles. The van der Waals surface area contributed by atoms with Crippen molar-refractivity contribution in [2.45, 2.75) is 69.7 Å². The van der Waals surface area contributed by atoms with Gasteiger partial charge in [-0.3, -0.25) is 19.1 Å². The SMILES string of the molecule is CC(C)C[C@H](N)C(=O)N1CCC2(CC1)C[C@H](n1ccc(=O)[nH]c1=O)[C@@](C)(O)CO2. The maximum atomic E-state index is 12.6. The predicted octanol–water partition coefficient (Wildman–Crippen LogP) is -0.0164. The van der Waals surface area contributed by atoms with E-state index in [0.29, 0.717) is 44.7 Å². The highest BCUT2D eigenvalue weighted by Crippen LogP contribution is 2.43. The maximum Gasteiger partial charge on any atom is 0.328 e. The van der Waals surface area contributed by atoms with E-state index in [9.17, 15) is 19.5 Å². The molecular formula is C20H32N4O5. The van der Waals surface area contributed by atoms with Crippen molar-refractivity contribution in [2.75, 3.05) is 19.7 Å². The minimum absolute atomic E-state index is 0.0373. The largest absolute Gasteiger partial charge is 0.386 e. The fourth-order valence-corrected chi connectivity index (χ4v) is 4.42. The number of nitrogens with zero attached hydrogens (tertiary/aromatic N) is 2. The van der Waals surface area contributed by atoms with E-state index in [0.717, 1.165) is 0 Å². The highest BCUT2D eigenvalue weighted by atomic mass is 16.5. The van der Waals surface area contributed by atoms with E-state index in [2.05, 4.69) is 4.98 Å². The molecular weight excluding hydrogens is 376 g/mol. The monoisotopic (exact) mass is 408 g/mol. The summed E-state index contributed by atoms with van der Waals surface area (Å²) >= 11 is 0. The summed E-state index contributed by atoms with van der Waals surface area (Å²) in [4.78, 5) is 40.3. The molecule has 2 saturated heterocycles. The molecule has 3 atom stereocenters. The van der Waals surface area contributed by atoms with Gasteiger partial charge in [0, 0.05) is 31.8 Å². The zero-order valence-electron chi connectivity index (χ0n) is 17.4. The lowest BCUT2D eigenvalue weighted by atomic mass is 9.77. The summed E-state index contributed by atoms with van der Waals surface area (Å²) in [6.07, 6.45) is 3.71. The number of carbonyl (C=O) groups is 1. The Bertz CT molecular complexity index is 851. The first-order chi connectivity index (χ1) is 13.5. The Balaban J connectivity index is 1.73. The van der Waals surface area contributed by atoms with Gasteiger partial charge in [-0.1, -0.05) is 13.8 Å². The van der Waals surface area contributed by atoms with Crippen LogP contribution in [0.1, 0.15) is 52.5 Å². The van der Waals surface area contributed by atoms with Crippen molar-refractivity contribution in [1.29, 1.82) is 0 Å². The Hall–Kier alpha value is -1.97. The third-order valence-electron chi connectivity index (χ3n) is 6.17. The van der Waals surface area contributed by atoms with Crippen LogP contribution in [0.5, 0.6) is 0 Å². The average molecular weight is 408 g/mol. The lowest BCUT2D eigenvalue weighted by molar-refractivity contribution is -0.202. The fraction of sp³-hybridized carbons (Fsp3) is 0.750. The van der Waals surface area contributed by atoms with Gasteiger partial charge in [0.15, 0.2) is 0 Å². The molecule has 0 aliphatic carbocycles. The number of rotatable bonds is 4. The second-order valence-corrected chi connectivity index (χ2v) is 9.13. The third-order valence-corrected chi connectivity index (χ3v) is 6.17. The molecule has 2 aliphatic rings. The molecule has 4 N–H and O–H groups in total. The predicted molar refractivity (Wildman–Crippen MR) is 108 cm³/mol. The van der Waals surface area contributed by atoms with Gasteiger partial charge < -0.3 is 20.5 Å². The van der Waals surface area contributed by atoms with Crippen LogP contribution in [0.3, 0.4) is 0 Å². The molecule has 29 heavy (non-hydrogen) atoms. The quantitative estimate of drug-likeness (QED) is 0.642. The number of aromatic amines is 1. The van der Waals surface area contributed by atoms with Crippen LogP contribution >= 0.6 is 0 Å². The second-order valence-electron chi connectivity index (χ2n) is 9.13. The van der Waals surface area contributed by atoms with Gasteiger partial charge in [-0.2, -0.15) is 0 Å². The summed E-state index contributed by atoms with van der Waals surface area (Å²) in [6, 6.07) is 0.243. The van der Waals surface area contributed by atoms with E-state index in [1.54, 1.807) is 11.8 Å². The van der Waals surface area contributed by atoms with Gasteiger partial charge in [0.05, 0.1) is 24.3 Å². The number of carbonyl (C=O) groups excluding carboxylic acids is 1. The molecule has 1 amide bonds. The first-order valence-electron chi connectivity index (χ1n) is 10.3. The molecule has 1 spiro atoms. The Kier molecular flexibility index (Phi) is 6.03. The van der Waals surface area contributed by atoms with Crippen LogP contribution in [0.2, 0.25) is 0 Å². The number of hydrogen-bond donors (Lipinski definition) is 3. The molecule has 1 aromatic rings. The smallest absolute Gasteiger partial charge is 0.328 e. The summed E-state index contributed by atoms with van der Waals surface area (Å²) in [7, 11) is 0. The highest BCUT2D eigenvalue weighted by Gasteiger charge is 2.49. The van der Waals surface area contributed by atoms with Gasteiger partial charge in [0.2, 0.25) is 5.91 Å². The zero-order chi connectivity index (χ0) is 21.4. The van der Waals surface area contributed by atoms with Crippen LogP contribution in [0.15, 0.2) is 21.9 Å². The van der Waals surface area contributed by atoms with Crippen molar-refractivity contribution in [3.05, 3.63) is 33.1 Å². The number of piperidine rings is 1. The standard InChI is InChI=1S/C20H32N4O5/c1-13(2)10-14(21)17(26)23-8-5-20(6-9-23)11-15(19(3,28)12-29-20)24-7-4-16(25)22-18(24)27/h4,7,13-15,28H,5-6,8-12,21H2,1-3H3,(H,22,25,27)/t14-,15-,19-/m0/s1. The third kappa shape index (κ3) is 4.62. The molecule has 2 fully saturated rings. The molecule has 0 bridgehead atoms. The van der Waals surface area contributed by atoms with Gasteiger partial charge >= 0.3 is 5.69 Å². The summed E-state index contributed by atoms with van der Waals surface area (Å²) in [5, 5.41) is 10.8. The number of amides is 1. The number of nitrogens with two attached hydrogens (primary N) is 1. The van der Waals surface area contributed by atoms with Crippen molar-refractivity contribution in [1.82, 2.24) is 14.5 Å². The number of H-pyrrole nitrogens is 1. The normalized spacial score (nSPS) is 27.9. The summed E-state index contributed by atoms with van der Waals surface area (Å²) in [5.74, 6) is 0.315. The number of likely N-dealkylation sites (tertiary alicyclic amines) is 1. The van der Waals surface area contributed by atoms with Crippen LogP contribution in [0.4, 0.5) is 0 Å². The van der Waals surface area contributed by atoms with E-state index in [1.165, 1.54) is 16.8 Å². The van der Waals surface area contributed by atoms with Crippen LogP contribution in [-0.2, 0) is 9.53 Å². The summed E-state index contributed by atoms with van der Waals surface area (Å²) in [6.45, 7) is 6.84. The molecule has 9 nitrogen and oxygen atoms in total. The summed E-state index contributed by atoms with van der Waals surface area (Å²) in [5.41, 5.74) is 3.26. The second kappa shape index (κ2) is 8.04. The Morgan fingerprint density at radius 2 is 2.03 bits per heavy atom. The number of nitrogens with one attached hydrogen (secondary N) is 1. The molecule has 1 aromatic heterocycles. The zero-order valence-corrected chi connectivity index (χ0v) is 17.4. The van der Waals surface area contributed by atoms with Crippen molar-refractivity contribution >= 4 is 5.91 Å². The minimum atomic E-state index is -1.25. The number of aliphatic hydroxyl groups is 1. The van der Waals surface area contributed by atoms with Crippen LogP contribution in [0.25, 0.3) is 0 Å². The number of hydrogen-bond acceptors (Lipinski definition) is 6. The molecule has 0 radical (unpaired) electrons. The van der Waals surface area contributed by atoms with Gasteiger partial charge in [-0.15, -0.1) is 0 Å². The topological polar surface area (TPSA) is 131 Å². The van der Waals surface area contributed by atoms with Gasteiger partial charge in [0.25, 0.3) is 5.56 Å². The first kappa shape index (κ1) is 21.7. The molecule has 0 saturated carbocycles. The van der Waals surface area contributed by atoms with Gasteiger partial charge in [-0.25, -0.2) is 4.79 Å². The van der Waals surface area contributed by atoms with Crippen LogP contribution in [-0.4, -0.2) is 62.4 Å². The average Bonchev–Trinajstić information content (AvgIpc) is 2.64. The molecule has 162 valence electrons. The molecule has 0 unspecified atom stereocenters. The minimum Gasteiger partial charge on any atom is -0.386 e. The van der Waals surface area contributed by atoms with Crippen molar-refractivity contribution in [3.8, 4) is 0 Å². The van der Waals surface area contributed by atoms with Crippen LogP contribution < -0.4 is 17.0 Å². The van der Waals surface area contributed by atoms with Gasteiger partial charge in [-0.05, 0) is 32.1 Å². The molecule has 3 heterocycles. The Morgan fingerprint density at radius 3 is 2.62 bits per heavy atom. The van der Waals surface area contributed by atoms with Crippen molar-refractivity contribution < 1.29 is 14.6 Å². The number of ether oxygens (including phenoxy) is 1. The lowest BCUT2D eigenvalue weighted by Crippen LogP contribution is -2.59. The van der Waals surface area contributed by atoms with Crippen molar-refractivity contribution in [2.24, 2.45) is 11.7 Å². The molecule has 9 heteroatoms. The molecule has 3 rings (SSSR count). The van der Waals surface area contributed by atoms with Crippen molar-refractivity contribution in [3.63, 3.8) is 0 Å². The maximum absolute atomic E-state index is 12.6. The molecule has 0 aromatic carbocycles. The van der Waals surface area contributed by atoms with Gasteiger partial charge in [0.1, 0.15) is 5.60 Å². The van der Waals surface area contributed by atoms with E-state index in [1.807, 2.05) is 13.8 Å². The lowest BCUT2D eigenvalue weighted by Gasteiger charge is -2.51. The number of aromatic nitrogens is 2. The Morgan fingerprint density at radius 1 is 1.38 bits per heavy atom. The fourth-order valence-electron chi connectivity index (χ4n) is 4.42. The van der Waals surface area contributed by atoms with Crippen LogP contribution in [0, 0.1) is 5.92 Å². The van der Waals surface area contributed by atoms with E-state index < -0.39 is 34.5 Å².